The number of benzene rings is 2. The Balaban J connectivity index is 1.88. The summed E-state index contributed by atoms with van der Waals surface area (Å²) in [6, 6.07) is 14.0. The van der Waals surface area contributed by atoms with Gasteiger partial charge in [0.05, 0.1) is 5.56 Å². The lowest BCUT2D eigenvalue weighted by molar-refractivity contribution is -0.116. The van der Waals surface area contributed by atoms with E-state index in [0.29, 0.717) is 22.3 Å². The van der Waals surface area contributed by atoms with Gasteiger partial charge >= 0.3 is 0 Å². The number of hydrogen-bond acceptors (Lipinski definition) is 4. The van der Waals surface area contributed by atoms with Crippen molar-refractivity contribution in [1.29, 1.82) is 0 Å². The van der Waals surface area contributed by atoms with Crippen LogP contribution in [0.25, 0.3) is 10.8 Å². The monoisotopic (exact) mass is 363 g/mol. The molecule has 0 fully saturated rings. The van der Waals surface area contributed by atoms with Gasteiger partial charge < -0.3 is 10.3 Å². The van der Waals surface area contributed by atoms with Gasteiger partial charge in [-0.15, -0.1) is 6.58 Å². The smallest absolute Gasteiger partial charge is 0.257 e. The third kappa shape index (κ3) is 2.93. The van der Waals surface area contributed by atoms with Gasteiger partial charge in [0.25, 0.3) is 5.56 Å². The van der Waals surface area contributed by atoms with Gasteiger partial charge in [-0.25, -0.2) is 4.98 Å². The second-order valence-corrected chi connectivity index (χ2v) is 7.12. The quantitative estimate of drug-likeness (QED) is 0.421. The van der Waals surface area contributed by atoms with Gasteiger partial charge in [0.2, 0.25) is 5.91 Å². The molecule has 0 saturated heterocycles. The molecular weight excluding hydrogens is 346 g/mol. The molecule has 5 nitrogen and oxygen atoms in total. The maximum absolute atomic E-state index is 12.8. The molecule has 1 atom stereocenters. The van der Waals surface area contributed by atoms with Gasteiger partial charge in [-0.1, -0.05) is 60.3 Å². The SMILES string of the molecule is C=CCSc1nc2c(c(=O)[nH]1)C(c1cccc3ccccc13)CC(=O)N2. The van der Waals surface area contributed by atoms with E-state index in [4.69, 9.17) is 0 Å². The topological polar surface area (TPSA) is 74.8 Å². The first-order chi connectivity index (χ1) is 12.7. The van der Waals surface area contributed by atoms with E-state index in [0.717, 1.165) is 16.3 Å². The van der Waals surface area contributed by atoms with Gasteiger partial charge in [-0.3, -0.25) is 9.59 Å². The number of carbonyl (C=O) groups is 1. The number of hydrogen-bond donors (Lipinski definition) is 2. The first-order valence-corrected chi connectivity index (χ1v) is 9.31. The highest BCUT2D eigenvalue weighted by atomic mass is 32.2. The largest absolute Gasteiger partial charge is 0.310 e. The summed E-state index contributed by atoms with van der Waals surface area (Å²) in [6.45, 7) is 3.67. The van der Waals surface area contributed by atoms with Crippen LogP contribution in [-0.2, 0) is 4.79 Å². The van der Waals surface area contributed by atoms with E-state index >= 15 is 0 Å². The second kappa shape index (κ2) is 6.80. The summed E-state index contributed by atoms with van der Waals surface area (Å²) in [4.78, 5) is 32.4. The Hall–Kier alpha value is -2.86. The van der Waals surface area contributed by atoms with Crippen LogP contribution in [0.15, 0.2) is 65.1 Å². The van der Waals surface area contributed by atoms with Crippen molar-refractivity contribution in [2.75, 3.05) is 11.1 Å². The first kappa shape index (κ1) is 16.6. The summed E-state index contributed by atoms with van der Waals surface area (Å²) in [7, 11) is 0. The summed E-state index contributed by atoms with van der Waals surface area (Å²) in [5.41, 5.74) is 1.28. The number of thioether (sulfide) groups is 1. The van der Waals surface area contributed by atoms with Gasteiger partial charge in [0, 0.05) is 18.1 Å². The van der Waals surface area contributed by atoms with Gasteiger partial charge in [-0.05, 0) is 16.3 Å². The molecule has 26 heavy (non-hydrogen) atoms. The Kier molecular flexibility index (Phi) is 4.34. The fraction of sp³-hybridized carbons (Fsp3) is 0.150. The van der Waals surface area contributed by atoms with Crippen molar-refractivity contribution in [2.45, 2.75) is 17.5 Å². The maximum atomic E-state index is 12.8. The first-order valence-electron chi connectivity index (χ1n) is 8.33. The molecule has 4 rings (SSSR count). The molecule has 130 valence electrons. The standard InChI is InChI=1S/C20H17N3O2S/c1-2-10-26-20-22-18-17(19(25)23-20)15(11-16(24)21-18)14-9-5-7-12-6-3-4-8-13(12)14/h2-9,15H,1,10-11H2,(H2,21,22,23,24,25). The molecule has 0 radical (unpaired) electrons. The molecule has 2 heterocycles. The zero-order chi connectivity index (χ0) is 18.1. The number of anilines is 1. The highest BCUT2D eigenvalue weighted by Crippen LogP contribution is 2.37. The highest BCUT2D eigenvalue weighted by molar-refractivity contribution is 7.99. The number of nitrogens with one attached hydrogen (secondary N) is 2. The number of fused-ring (bicyclic) bond motifs is 2. The highest BCUT2D eigenvalue weighted by Gasteiger charge is 2.31. The minimum Gasteiger partial charge on any atom is -0.310 e. The molecule has 1 aliphatic rings. The molecule has 0 aliphatic carbocycles. The fourth-order valence-electron chi connectivity index (χ4n) is 3.38. The molecule has 6 heteroatoms. The van der Waals surface area contributed by atoms with E-state index < -0.39 is 0 Å². The van der Waals surface area contributed by atoms with E-state index in [1.165, 1.54) is 11.8 Å². The van der Waals surface area contributed by atoms with Crippen molar-refractivity contribution in [1.82, 2.24) is 9.97 Å². The number of carbonyl (C=O) groups excluding carboxylic acids is 1. The van der Waals surface area contributed by atoms with Crippen LogP contribution in [0.1, 0.15) is 23.5 Å². The van der Waals surface area contributed by atoms with Crippen molar-refractivity contribution >= 4 is 34.3 Å². The fourth-order valence-corrected chi connectivity index (χ4v) is 3.97. The molecule has 0 spiro atoms. The lowest BCUT2D eigenvalue weighted by atomic mass is 9.84. The Bertz CT molecular complexity index is 1070. The summed E-state index contributed by atoms with van der Waals surface area (Å²) in [6.07, 6.45) is 1.96. The molecule has 0 saturated carbocycles. The molecule has 1 amide bonds. The average molecular weight is 363 g/mol. The lowest BCUT2D eigenvalue weighted by Crippen LogP contribution is -2.31. The van der Waals surface area contributed by atoms with Crippen molar-refractivity contribution in [3.63, 3.8) is 0 Å². The second-order valence-electron chi connectivity index (χ2n) is 6.11. The molecule has 3 aromatic rings. The van der Waals surface area contributed by atoms with Crippen molar-refractivity contribution in [3.8, 4) is 0 Å². The Morgan fingerprint density at radius 3 is 2.85 bits per heavy atom. The zero-order valence-corrected chi connectivity index (χ0v) is 14.8. The molecule has 1 aliphatic heterocycles. The van der Waals surface area contributed by atoms with E-state index in [9.17, 15) is 9.59 Å². The van der Waals surface area contributed by atoms with Crippen LogP contribution in [-0.4, -0.2) is 21.6 Å². The van der Waals surface area contributed by atoms with Crippen LogP contribution in [0, 0.1) is 0 Å². The van der Waals surface area contributed by atoms with Crippen LogP contribution in [0.5, 0.6) is 0 Å². The number of H-pyrrole nitrogens is 1. The minimum atomic E-state index is -0.320. The van der Waals surface area contributed by atoms with E-state index in [-0.39, 0.29) is 23.8 Å². The van der Waals surface area contributed by atoms with Crippen LogP contribution >= 0.6 is 11.8 Å². The third-order valence-electron chi connectivity index (χ3n) is 4.47. The van der Waals surface area contributed by atoms with E-state index in [1.807, 2.05) is 42.5 Å². The maximum Gasteiger partial charge on any atom is 0.257 e. The number of amides is 1. The number of nitrogens with zero attached hydrogens (tertiary/aromatic N) is 1. The number of aromatic amines is 1. The minimum absolute atomic E-state index is 0.131. The van der Waals surface area contributed by atoms with E-state index in [1.54, 1.807) is 6.08 Å². The lowest BCUT2D eigenvalue weighted by Gasteiger charge is -2.25. The normalized spacial score (nSPS) is 16.2. The van der Waals surface area contributed by atoms with Crippen molar-refractivity contribution < 1.29 is 4.79 Å². The molecule has 1 unspecified atom stereocenters. The third-order valence-corrected chi connectivity index (χ3v) is 5.34. The van der Waals surface area contributed by atoms with Crippen LogP contribution < -0.4 is 10.9 Å². The van der Waals surface area contributed by atoms with Crippen molar-refractivity contribution in [2.24, 2.45) is 0 Å². The average Bonchev–Trinajstić information content (AvgIpc) is 2.65. The van der Waals surface area contributed by atoms with Gasteiger partial charge in [-0.2, -0.15) is 0 Å². The Morgan fingerprint density at radius 1 is 1.19 bits per heavy atom. The van der Waals surface area contributed by atoms with Crippen molar-refractivity contribution in [3.05, 3.63) is 76.6 Å². The molecular formula is C20H17N3O2S. The Labute approximate surface area is 154 Å². The number of rotatable bonds is 4. The molecule has 2 aromatic carbocycles. The summed E-state index contributed by atoms with van der Waals surface area (Å²) in [5.74, 6) is 0.532. The zero-order valence-electron chi connectivity index (χ0n) is 14.0. The van der Waals surface area contributed by atoms with Gasteiger partial charge in [0.1, 0.15) is 5.82 Å². The van der Waals surface area contributed by atoms with Crippen LogP contribution in [0.4, 0.5) is 5.82 Å². The van der Waals surface area contributed by atoms with Gasteiger partial charge in [0.15, 0.2) is 5.16 Å². The molecule has 2 N–H and O–H groups in total. The van der Waals surface area contributed by atoms with Crippen LogP contribution in [0.3, 0.4) is 0 Å². The predicted molar refractivity (Wildman–Crippen MR) is 105 cm³/mol. The summed E-state index contributed by atoms with van der Waals surface area (Å²) < 4.78 is 0. The molecule has 0 bridgehead atoms. The van der Waals surface area contributed by atoms with Crippen LogP contribution in [0.2, 0.25) is 0 Å². The predicted octanol–water partition coefficient (Wildman–Crippen LogP) is 3.68. The summed E-state index contributed by atoms with van der Waals surface area (Å²) in [5, 5.41) is 5.37. The molecule has 1 aromatic heterocycles. The Morgan fingerprint density at radius 2 is 2.00 bits per heavy atom. The summed E-state index contributed by atoms with van der Waals surface area (Å²) >= 11 is 1.37. The number of aromatic nitrogens is 2. The van der Waals surface area contributed by atoms with E-state index in [2.05, 4.69) is 21.9 Å².